The topological polar surface area (TPSA) is 21.6 Å². The Morgan fingerprint density at radius 2 is 1.44 bits per heavy atom. The van der Waals surface area contributed by atoms with Crippen LogP contribution in [0.3, 0.4) is 0 Å². The molecular formula is C45H48NOP. The van der Waals surface area contributed by atoms with Gasteiger partial charge in [-0.3, -0.25) is 0 Å². The summed E-state index contributed by atoms with van der Waals surface area (Å²) in [5.74, 6) is 1.12. The van der Waals surface area contributed by atoms with Crippen molar-refractivity contribution in [3.05, 3.63) is 161 Å². The van der Waals surface area contributed by atoms with E-state index in [0.717, 1.165) is 17.9 Å². The third-order valence-electron chi connectivity index (χ3n) is 11.2. The number of fused-ring (bicyclic) bond motifs is 3. The van der Waals surface area contributed by atoms with Crippen LogP contribution in [0.1, 0.15) is 63.8 Å². The Balaban J connectivity index is 1.52. The monoisotopic (exact) mass is 649 g/mol. The predicted octanol–water partition coefficient (Wildman–Crippen LogP) is 9.43. The molecule has 0 spiro atoms. The Hall–Kier alpha value is -4.00. The van der Waals surface area contributed by atoms with Gasteiger partial charge in [0.2, 0.25) is 5.90 Å². The molecule has 2 aliphatic carbocycles. The first-order valence-corrected chi connectivity index (χ1v) is 18.7. The molecule has 3 atom stereocenters. The molecule has 3 heteroatoms. The molecule has 48 heavy (non-hydrogen) atoms. The van der Waals surface area contributed by atoms with Crippen LogP contribution in [0.15, 0.2) is 144 Å². The van der Waals surface area contributed by atoms with Crippen LogP contribution in [-0.2, 0) is 22.0 Å². The van der Waals surface area contributed by atoms with E-state index in [0.29, 0.717) is 6.61 Å². The SMILES string of the molecule is C=C/C(C)=C\C1=C(C2=N[C@@H](Cc3ccccc3)CO2)[C@@]2(C)c3c(P(c4ccccc4)c4ccccc4)cc(C)cc3C(C)(C)C2C1(C)C. The third kappa shape index (κ3) is 5.16. The van der Waals surface area contributed by atoms with Gasteiger partial charge in [-0.25, -0.2) is 4.99 Å². The molecule has 244 valence electrons. The van der Waals surface area contributed by atoms with E-state index in [1.54, 1.807) is 0 Å². The lowest BCUT2D eigenvalue weighted by atomic mass is 9.60. The summed E-state index contributed by atoms with van der Waals surface area (Å²) >= 11 is 0. The van der Waals surface area contributed by atoms with Gasteiger partial charge in [0.1, 0.15) is 6.61 Å². The normalized spacial score (nSPS) is 23.9. The van der Waals surface area contributed by atoms with E-state index >= 15 is 0 Å². The molecular weight excluding hydrogens is 601 g/mol. The fraction of sp³-hybridized carbons (Fsp3) is 0.311. The van der Waals surface area contributed by atoms with E-state index in [-0.39, 0.29) is 28.2 Å². The van der Waals surface area contributed by atoms with E-state index in [4.69, 9.17) is 9.73 Å². The number of hydrogen-bond donors (Lipinski definition) is 0. The highest BCUT2D eigenvalue weighted by molar-refractivity contribution is 7.80. The first-order valence-electron chi connectivity index (χ1n) is 17.3. The highest BCUT2D eigenvalue weighted by atomic mass is 31.1. The Bertz CT molecular complexity index is 1910. The predicted molar refractivity (Wildman–Crippen MR) is 206 cm³/mol. The van der Waals surface area contributed by atoms with Gasteiger partial charge in [-0.1, -0.05) is 168 Å². The summed E-state index contributed by atoms with van der Waals surface area (Å²) in [6.45, 7) is 21.6. The summed E-state index contributed by atoms with van der Waals surface area (Å²) in [6.07, 6.45) is 5.23. The van der Waals surface area contributed by atoms with Crippen LogP contribution in [0, 0.1) is 18.3 Å². The lowest BCUT2D eigenvalue weighted by Gasteiger charge is -2.43. The number of benzene rings is 4. The lowest BCUT2D eigenvalue weighted by molar-refractivity contribution is 0.149. The van der Waals surface area contributed by atoms with Crippen molar-refractivity contribution < 1.29 is 4.74 Å². The standard InChI is InChI=1S/C45H48NOP/c1-9-30(2)25-37-40(41-46-33(29-47-41)28-32-19-13-10-14-20-32)45(8)39-36(43(4,5)42(45)44(37,6)7)26-31(3)27-38(39)48(34-21-15-11-16-22-34)35-23-17-12-18-24-35/h9-27,33,42H,1,28-29H2,2-8H3/b30-25-/t33-,42?,45+/m0/s1. The first kappa shape index (κ1) is 32.5. The number of rotatable bonds is 8. The van der Waals surface area contributed by atoms with Crippen molar-refractivity contribution in [1.29, 1.82) is 0 Å². The Morgan fingerprint density at radius 3 is 2.02 bits per heavy atom. The summed E-state index contributed by atoms with van der Waals surface area (Å²) in [5.41, 5.74) is 8.73. The average molecular weight is 650 g/mol. The van der Waals surface area contributed by atoms with E-state index in [9.17, 15) is 0 Å². The number of ether oxygens (including phenoxy) is 1. The zero-order chi connectivity index (χ0) is 33.8. The average Bonchev–Trinajstić information content (AvgIpc) is 3.65. The number of aliphatic imine (C=N–C) groups is 1. The zero-order valence-electron chi connectivity index (χ0n) is 29.5. The quantitative estimate of drug-likeness (QED) is 0.138. The van der Waals surface area contributed by atoms with E-state index < -0.39 is 7.92 Å². The number of hydrogen-bond acceptors (Lipinski definition) is 2. The van der Waals surface area contributed by atoms with Gasteiger partial charge < -0.3 is 4.74 Å². The van der Waals surface area contributed by atoms with Gasteiger partial charge in [-0.15, -0.1) is 0 Å². The van der Waals surface area contributed by atoms with Crippen molar-refractivity contribution in [2.75, 3.05) is 6.61 Å². The molecule has 0 amide bonds. The van der Waals surface area contributed by atoms with Crippen molar-refractivity contribution >= 4 is 29.7 Å². The summed E-state index contributed by atoms with van der Waals surface area (Å²) in [4.78, 5) is 5.44. The van der Waals surface area contributed by atoms with Crippen LogP contribution >= 0.6 is 7.92 Å². The molecule has 1 aliphatic heterocycles. The van der Waals surface area contributed by atoms with E-state index in [2.05, 4.69) is 164 Å². The summed E-state index contributed by atoms with van der Waals surface area (Å²) in [5, 5.41) is 4.20. The molecule has 0 fully saturated rings. The second-order valence-electron chi connectivity index (χ2n) is 15.3. The molecule has 4 aromatic rings. The first-order chi connectivity index (χ1) is 23.0. The molecule has 0 saturated carbocycles. The van der Waals surface area contributed by atoms with Crippen LogP contribution in [0.4, 0.5) is 0 Å². The van der Waals surface area contributed by atoms with Crippen molar-refractivity contribution in [2.45, 2.75) is 71.8 Å². The van der Waals surface area contributed by atoms with Crippen LogP contribution in [0.2, 0.25) is 0 Å². The van der Waals surface area contributed by atoms with Crippen molar-refractivity contribution in [1.82, 2.24) is 0 Å². The van der Waals surface area contributed by atoms with Crippen molar-refractivity contribution in [2.24, 2.45) is 16.3 Å². The van der Waals surface area contributed by atoms with Crippen LogP contribution in [0.25, 0.3) is 0 Å². The smallest absolute Gasteiger partial charge is 0.213 e. The maximum absolute atomic E-state index is 6.75. The molecule has 0 N–H and O–H groups in total. The largest absolute Gasteiger partial charge is 0.475 e. The van der Waals surface area contributed by atoms with Gasteiger partial charge >= 0.3 is 0 Å². The summed E-state index contributed by atoms with van der Waals surface area (Å²) in [6, 6.07) is 38.1. The minimum Gasteiger partial charge on any atom is -0.475 e. The number of aryl methyl sites for hydroxylation is 1. The van der Waals surface area contributed by atoms with Crippen molar-refractivity contribution in [3.8, 4) is 0 Å². The van der Waals surface area contributed by atoms with E-state index in [1.165, 1.54) is 49.3 Å². The summed E-state index contributed by atoms with van der Waals surface area (Å²) < 4.78 is 6.75. The Labute approximate surface area is 289 Å². The van der Waals surface area contributed by atoms with Crippen molar-refractivity contribution in [3.63, 3.8) is 0 Å². The molecule has 1 unspecified atom stereocenters. The minimum atomic E-state index is -0.835. The molecule has 0 radical (unpaired) electrons. The van der Waals surface area contributed by atoms with Gasteiger partial charge in [0.15, 0.2) is 0 Å². The van der Waals surface area contributed by atoms with Gasteiger partial charge in [0.05, 0.1) is 6.04 Å². The second-order valence-corrected chi connectivity index (χ2v) is 17.4. The lowest BCUT2D eigenvalue weighted by Crippen LogP contribution is -2.43. The van der Waals surface area contributed by atoms with E-state index in [1.807, 2.05) is 6.08 Å². The van der Waals surface area contributed by atoms with Gasteiger partial charge in [0, 0.05) is 11.0 Å². The molecule has 1 heterocycles. The van der Waals surface area contributed by atoms with Gasteiger partial charge in [-0.05, 0) is 83.1 Å². The minimum absolute atomic E-state index is 0.0866. The molecule has 0 bridgehead atoms. The number of nitrogens with zero attached hydrogens (tertiary/aromatic N) is 1. The molecule has 0 aromatic heterocycles. The Kier molecular flexibility index (Phi) is 8.24. The molecule has 2 nitrogen and oxygen atoms in total. The number of allylic oxidation sites excluding steroid dienone is 4. The maximum atomic E-state index is 6.75. The molecule has 3 aliphatic rings. The molecule has 4 aromatic carbocycles. The van der Waals surface area contributed by atoms with Gasteiger partial charge in [0.25, 0.3) is 0 Å². The van der Waals surface area contributed by atoms with Gasteiger partial charge in [-0.2, -0.15) is 0 Å². The fourth-order valence-corrected chi connectivity index (χ4v) is 12.4. The molecule has 7 rings (SSSR count). The zero-order valence-corrected chi connectivity index (χ0v) is 30.4. The maximum Gasteiger partial charge on any atom is 0.213 e. The second kappa shape index (κ2) is 12.2. The Morgan fingerprint density at radius 1 is 0.854 bits per heavy atom. The molecule has 0 saturated heterocycles. The highest BCUT2D eigenvalue weighted by Crippen LogP contribution is 2.70. The fourth-order valence-electron chi connectivity index (χ4n) is 9.68. The highest BCUT2D eigenvalue weighted by Gasteiger charge is 2.67. The van der Waals surface area contributed by atoms with Crippen LogP contribution in [-0.4, -0.2) is 18.5 Å². The van der Waals surface area contributed by atoms with Crippen LogP contribution < -0.4 is 15.9 Å². The summed E-state index contributed by atoms with van der Waals surface area (Å²) in [7, 11) is -0.835. The third-order valence-corrected chi connectivity index (χ3v) is 13.6. The van der Waals surface area contributed by atoms with Crippen LogP contribution in [0.5, 0.6) is 0 Å².